The number of pyridine rings is 2. The van der Waals surface area contributed by atoms with Crippen molar-refractivity contribution in [3.8, 4) is 0 Å². The molecule has 0 bridgehead atoms. The predicted octanol–water partition coefficient (Wildman–Crippen LogP) is 3.11. The number of aromatic nitrogens is 4. The van der Waals surface area contributed by atoms with Crippen molar-refractivity contribution < 1.29 is 5.11 Å². The highest BCUT2D eigenvalue weighted by Gasteiger charge is 2.27. The number of aliphatic hydroxyl groups is 1. The zero-order valence-electron chi connectivity index (χ0n) is 14.6. The van der Waals surface area contributed by atoms with Crippen LogP contribution in [0.3, 0.4) is 0 Å². The summed E-state index contributed by atoms with van der Waals surface area (Å²) < 4.78 is 2.23. The van der Waals surface area contributed by atoms with Crippen LogP contribution in [-0.4, -0.2) is 31.2 Å². The minimum atomic E-state index is -0.618. The maximum absolute atomic E-state index is 10.3. The lowest BCUT2D eigenvalue weighted by atomic mass is 9.84. The van der Waals surface area contributed by atoms with E-state index in [0.29, 0.717) is 6.04 Å². The van der Waals surface area contributed by atoms with Gasteiger partial charge in [0.1, 0.15) is 23.0 Å². The Morgan fingerprint density at radius 3 is 2.76 bits per heavy atom. The molecule has 6 heteroatoms. The standard InChI is InChI=1S/C19H25N5O/c1-12(25)19-23-16-11-22-15-3-2-10-21-17(15)18(16)24(19)14-6-4-13(5-7-14)8-9-20/h2-3,10-14,25H,4-9,20H2,1H3/t12-,13-,14-/m1/s1. The van der Waals surface area contributed by atoms with Gasteiger partial charge in [-0.2, -0.15) is 0 Å². The monoisotopic (exact) mass is 339 g/mol. The molecule has 3 heterocycles. The molecule has 4 rings (SSSR count). The second-order valence-corrected chi connectivity index (χ2v) is 7.13. The van der Waals surface area contributed by atoms with Crippen molar-refractivity contribution in [1.29, 1.82) is 0 Å². The molecular formula is C19H25N5O. The van der Waals surface area contributed by atoms with Crippen molar-refractivity contribution in [2.24, 2.45) is 11.7 Å². The van der Waals surface area contributed by atoms with Crippen LogP contribution in [-0.2, 0) is 0 Å². The number of hydrogen-bond acceptors (Lipinski definition) is 5. The first kappa shape index (κ1) is 16.4. The van der Waals surface area contributed by atoms with Gasteiger partial charge in [0.15, 0.2) is 0 Å². The molecule has 1 saturated carbocycles. The zero-order chi connectivity index (χ0) is 17.4. The van der Waals surface area contributed by atoms with E-state index in [1.807, 2.05) is 12.1 Å². The van der Waals surface area contributed by atoms with Crippen molar-refractivity contribution >= 4 is 22.1 Å². The third kappa shape index (κ3) is 2.89. The molecule has 0 aliphatic heterocycles. The van der Waals surface area contributed by atoms with Gasteiger partial charge in [0.05, 0.1) is 17.2 Å². The smallest absolute Gasteiger partial charge is 0.138 e. The number of nitrogens with zero attached hydrogens (tertiary/aromatic N) is 4. The molecule has 25 heavy (non-hydrogen) atoms. The molecule has 1 atom stereocenters. The van der Waals surface area contributed by atoms with Crippen LogP contribution in [0.25, 0.3) is 22.1 Å². The summed E-state index contributed by atoms with van der Waals surface area (Å²) in [6.07, 6.45) is 8.61. The van der Waals surface area contributed by atoms with E-state index in [1.54, 1.807) is 19.3 Å². The highest BCUT2D eigenvalue weighted by Crippen LogP contribution is 2.38. The molecule has 1 aliphatic rings. The summed E-state index contributed by atoms with van der Waals surface area (Å²) in [5.41, 5.74) is 9.27. The van der Waals surface area contributed by atoms with Crippen LogP contribution >= 0.6 is 0 Å². The van der Waals surface area contributed by atoms with E-state index in [1.165, 1.54) is 12.8 Å². The van der Waals surface area contributed by atoms with Gasteiger partial charge in [0.25, 0.3) is 0 Å². The van der Waals surface area contributed by atoms with Gasteiger partial charge in [0.2, 0.25) is 0 Å². The summed E-state index contributed by atoms with van der Waals surface area (Å²) in [4.78, 5) is 13.7. The van der Waals surface area contributed by atoms with Gasteiger partial charge in [0, 0.05) is 12.2 Å². The molecule has 0 spiro atoms. The summed E-state index contributed by atoms with van der Waals surface area (Å²) in [7, 11) is 0. The van der Waals surface area contributed by atoms with Gasteiger partial charge in [-0.25, -0.2) is 4.98 Å². The normalized spacial score (nSPS) is 22.5. The molecular weight excluding hydrogens is 314 g/mol. The van der Waals surface area contributed by atoms with E-state index < -0.39 is 6.10 Å². The summed E-state index contributed by atoms with van der Waals surface area (Å²) in [6.45, 7) is 2.54. The van der Waals surface area contributed by atoms with Gasteiger partial charge in [-0.3, -0.25) is 9.97 Å². The van der Waals surface area contributed by atoms with Crippen molar-refractivity contribution in [3.05, 3.63) is 30.4 Å². The van der Waals surface area contributed by atoms with Gasteiger partial charge in [-0.15, -0.1) is 0 Å². The number of rotatable bonds is 4. The van der Waals surface area contributed by atoms with Crippen LogP contribution in [0.1, 0.15) is 57.0 Å². The number of fused-ring (bicyclic) bond motifs is 3. The Hall–Kier alpha value is -2.05. The lowest BCUT2D eigenvalue weighted by Crippen LogP contribution is -2.22. The van der Waals surface area contributed by atoms with E-state index in [-0.39, 0.29) is 0 Å². The molecule has 3 aromatic rings. The zero-order valence-corrected chi connectivity index (χ0v) is 14.6. The Morgan fingerprint density at radius 1 is 1.24 bits per heavy atom. The quantitative estimate of drug-likeness (QED) is 0.762. The first-order valence-corrected chi connectivity index (χ1v) is 9.18. The van der Waals surface area contributed by atoms with E-state index in [0.717, 1.165) is 59.6 Å². The largest absolute Gasteiger partial charge is 0.385 e. The van der Waals surface area contributed by atoms with Crippen LogP contribution in [0, 0.1) is 5.92 Å². The van der Waals surface area contributed by atoms with Crippen LogP contribution in [0.2, 0.25) is 0 Å². The Balaban J connectivity index is 1.83. The molecule has 1 aliphatic carbocycles. The fraction of sp³-hybridized carbons (Fsp3) is 0.526. The molecule has 0 unspecified atom stereocenters. The molecule has 0 saturated heterocycles. The molecule has 0 amide bonds. The Kier molecular flexibility index (Phi) is 4.39. The van der Waals surface area contributed by atoms with Gasteiger partial charge >= 0.3 is 0 Å². The Labute approximate surface area is 147 Å². The van der Waals surface area contributed by atoms with Gasteiger partial charge < -0.3 is 15.4 Å². The lowest BCUT2D eigenvalue weighted by molar-refractivity contribution is 0.174. The van der Waals surface area contributed by atoms with Crippen LogP contribution < -0.4 is 5.73 Å². The average Bonchev–Trinajstić information content (AvgIpc) is 3.03. The summed E-state index contributed by atoms with van der Waals surface area (Å²) in [5.74, 6) is 1.44. The van der Waals surface area contributed by atoms with Crippen molar-refractivity contribution in [1.82, 2.24) is 19.5 Å². The third-order valence-electron chi connectivity index (χ3n) is 5.43. The van der Waals surface area contributed by atoms with Crippen molar-refractivity contribution in [2.75, 3.05) is 6.54 Å². The SMILES string of the molecule is C[C@@H](O)c1nc2cnc3cccnc3c2n1[C@H]1CC[C@H](CCN)CC1. The molecule has 0 radical (unpaired) electrons. The first-order chi connectivity index (χ1) is 12.2. The Morgan fingerprint density at radius 2 is 2.04 bits per heavy atom. The maximum Gasteiger partial charge on any atom is 0.138 e. The average molecular weight is 339 g/mol. The molecule has 3 aromatic heterocycles. The van der Waals surface area contributed by atoms with E-state index in [2.05, 4.69) is 19.5 Å². The second-order valence-electron chi connectivity index (χ2n) is 7.13. The molecule has 1 fully saturated rings. The predicted molar refractivity (Wildman–Crippen MR) is 98.1 cm³/mol. The van der Waals surface area contributed by atoms with E-state index in [9.17, 15) is 5.11 Å². The maximum atomic E-state index is 10.3. The fourth-order valence-electron chi connectivity index (χ4n) is 4.20. The first-order valence-electron chi connectivity index (χ1n) is 9.18. The van der Waals surface area contributed by atoms with Crippen LogP contribution in [0.15, 0.2) is 24.5 Å². The van der Waals surface area contributed by atoms with Gasteiger partial charge in [-0.1, -0.05) is 0 Å². The highest BCUT2D eigenvalue weighted by molar-refractivity contribution is 5.99. The Bertz CT molecular complexity index is 880. The summed E-state index contributed by atoms with van der Waals surface area (Å²) in [5, 5.41) is 10.3. The van der Waals surface area contributed by atoms with E-state index >= 15 is 0 Å². The van der Waals surface area contributed by atoms with Crippen molar-refractivity contribution in [2.45, 2.75) is 51.2 Å². The molecule has 132 valence electrons. The third-order valence-corrected chi connectivity index (χ3v) is 5.43. The van der Waals surface area contributed by atoms with Crippen LogP contribution in [0.5, 0.6) is 0 Å². The topological polar surface area (TPSA) is 89.9 Å². The second kappa shape index (κ2) is 6.69. The lowest BCUT2D eigenvalue weighted by Gasteiger charge is -2.31. The summed E-state index contributed by atoms with van der Waals surface area (Å²) in [6, 6.07) is 4.21. The molecule has 6 nitrogen and oxygen atoms in total. The summed E-state index contributed by atoms with van der Waals surface area (Å²) >= 11 is 0. The van der Waals surface area contributed by atoms with E-state index in [4.69, 9.17) is 5.73 Å². The minimum Gasteiger partial charge on any atom is -0.385 e. The number of aliphatic hydroxyl groups excluding tert-OH is 1. The number of nitrogens with two attached hydrogens (primary N) is 1. The van der Waals surface area contributed by atoms with Gasteiger partial charge in [-0.05, 0) is 63.6 Å². The molecule has 0 aromatic carbocycles. The van der Waals surface area contributed by atoms with Crippen LogP contribution in [0.4, 0.5) is 0 Å². The fourth-order valence-corrected chi connectivity index (χ4v) is 4.20. The highest BCUT2D eigenvalue weighted by atomic mass is 16.3. The van der Waals surface area contributed by atoms with Crippen molar-refractivity contribution in [3.63, 3.8) is 0 Å². The number of imidazole rings is 1. The minimum absolute atomic E-state index is 0.344. The molecule has 3 N–H and O–H groups in total. The number of hydrogen-bond donors (Lipinski definition) is 2.